The van der Waals surface area contributed by atoms with Crippen LogP contribution in [0.5, 0.6) is 5.75 Å². The number of nitrogens with one attached hydrogen (secondary N) is 1. The summed E-state index contributed by atoms with van der Waals surface area (Å²) >= 11 is 0. The Hall–Kier alpha value is -4.65. The van der Waals surface area contributed by atoms with Gasteiger partial charge in [0, 0.05) is 16.5 Å². The number of fused-ring (bicyclic) bond motifs is 2. The number of nitrogens with zero attached hydrogens (tertiary/aromatic N) is 2. The van der Waals surface area contributed by atoms with Crippen molar-refractivity contribution in [2.45, 2.75) is 26.9 Å². The van der Waals surface area contributed by atoms with Crippen LogP contribution in [0.3, 0.4) is 0 Å². The lowest BCUT2D eigenvalue weighted by molar-refractivity contribution is 0.230. The highest BCUT2D eigenvalue weighted by Gasteiger charge is 2.22. The fourth-order valence-electron chi connectivity index (χ4n) is 4.59. The van der Waals surface area contributed by atoms with Gasteiger partial charge in [0.05, 0.1) is 10.9 Å². The summed E-state index contributed by atoms with van der Waals surface area (Å²) < 4.78 is 17.5. The summed E-state index contributed by atoms with van der Waals surface area (Å²) in [7, 11) is 0. The first-order valence-corrected chi connectivity index (χ1v) is 11.7. The number of furan rings is 1. The van der Waals surface area contributed by atoms with Crippen molar-refractivity contribution in [1.29, 1.82) is 0 Å². The minimum absolute atomic E-state index is 0.210. The van der Waals surface area contributed by atoms with Crippen LogP contribution >= 0.6 is 0 Å². The Morgan fingerprint density at radius 3 is 2.50 bits per heavy atom. The lowest BCUT2D eigenvalue weighted by Gasteiger charge is -2.19. The molecule has 0 spiro atoms. The molecule has 3 heterocycles. The fourth-order valence-corrected chi connectivity index (χ4v) is 4.59. The topological polar surface area (TPSA) is 94.2 Å². The third kappa shape index (κ3) is 3.65. The van der Waals surface area contributed by atoms with Gasteiger partial charge in [0.1, 0.15) is 23.1 Å². The second-order valence-corrected chi connectivity index (χ2v) is 8.83. The SMILES string of the molecule is Cc1c(-c2cc(-c3noc(=O)[nH]3)c3c(OC(C)c4ccccc4)ccc(C)c3n2)oc2ccccc12. The molecule has 0 radical (unpaired) electrons. The third-order valence-corrected chi connectivity index (χ3v) is 6.47. The predicted octanol–water partition coefficient (Wildman–Crippen LogP) is 6.75. The fraction of sp³-hybridized carbons (Fsp3) is 0.138. The van der Waals surface area contributed by atoms with Gasteiger partial charge in [-0.3, -0.25) is 9.51 Å². The summed E-state index contributed by atoms with van der Waals surface area (Å²) in [5, 5.41) is 5.75. The highest BCUT2D eigenvalue weighted by molar-refractivity contribution is 6.01. The minimum Gasteiger partial charge on any atom is -0.485 e. The maximum absolute atomic E-state index is 11.9. The first kappa shape index (κ1) is 21.9. The molecule has 36 heavy (non-hydrogen) atoms. The van der Waals surface area contributed by atoms with E-state index in [2.05, 4.69) is 10.1 Å². The van der Waals surface area contributed by atoms with Crippen LogP contribution < -0.4 is 10.5 Å². The second-order valence-electron chi connectivity index (χ2n) is 8.83. The maximum atomic E-state index is 11.9. The summed E-state index contributed by atoms with van der Waals surface area (Å²) in [5.74, 6) is 0.953. The molecule has 3 aromatic carbocycles. The number of ether oxygens (including phenoxy) is 1. The zero-order chi connectivity index (χ0) is 24.8. The highest BCUT2D eigenvalue weighted by atomic mass is 16.5. The van der Waals surface area contributed by atoms with E-state index in [4.69, 9.17) is 18.7 Å². The summed E-state index contributed by atoms with van der Waals surface area (Å²) in [4.78, 5) is 19.6. The molecule has 6 aromatic rings. The molecule has 0 bridgehead atoms. The number of para-hydroxylation sites is 1. The Kier molecular flexibility index (Phi) is 5.18. The number of rotatable bonds is 5. The van der Waals surface area contributed by atoms with Crippen LogP contribution in [0.15, 0.2) is 86.5 Å². The predicted molar refractivity (Wildman–Crippen MR) is 138 cm³/mol. The van der Waals surface area contributed by atoms with Gasteiger partial charge >= 0.3 is 5.76 Å². The largest absolute Gasteiger partial charge is 0.485 e. The molecule has 3 aromatic heterocycles. The number of pyridine rings is 1. The molecule has 0 amide bonds. The Morgan fingerprint density at radius 1 is 0.972 bits per heavy atom. The molecule has 0 saturated heterocycles. The van der Waals surface area contributed by atoms with Crippen LogP contribution in [0.1, 0.15) is 29.7 Å². The number of hydrogen-bond donors (Lipinski definition) is 1. The van der Waals surface area contributed by atoms with Gasteiger partial charge in [-0.2, -0.15) is 0 Å². The van der Waals surface area contributed by atoms with E-state index in [0.717, 1.165) is 38.6 Å². The number of H-pyrrole nitrogens is 1. The number of aryl methyl sites for hydroxylation is 2. The molecule has 178 valence electrons. The molecule has 0 saturated carbocycles. The quantitative estimate of drug-likeness (QED) is 0.295. The second kappa shape index (κ2) is 8.53. The number of aromatic nitrogens is 3. The van der Waals surface area contributed by atoms with Gasteiger partial charge < -0.3 is 9.15 Å². The zero-order valence-electron chi connectivity index (χ0n) is 20.0. The molecular weight excluding hydrogens is 454 g/mol. The molecule has 7 heteroatoms. The van der Waals surface area contributed by atoms with Gasteiger partial charge in [0.15, 0.2) is 11.6 Å². The molecule has 0 aliphatic carbocycles. The summed E-state index contributed by atoms with van der Waals surface area (Å²) in [6.45, 7) is 6.00. The third-order valence-electron chi connectivity index (χ3n) is 6.47. The molecule has 1 atom stereocenters. The van der Waals surface area contributed by atoms with Crippen molar-refractivity contribution in [3.63, 3.8) is 0 Å². The van der Waals surface area contributed by atoms with E-state index in [9.17, 15) is 4.79 Å². The van der Waals surface area contributed by atoms with Crippen molar-refractivity contribution in [1.82, 2.24) is 15.1 Å². The lowest BCUT2D eigenvalue weighted by Crippen LogP contribution is -2.05. The van der Waals surface area contributed by atoms with Crippen molar-refractivity contribution in [3.8, 4) is 28.6 Å². The number of hydrogen-bond acceptors (Lipinski definition) is 6. The minimum atomic E-state index is -0.635. The average molecular weight is 478 g/mol. The highest BCUT2D eigenvalue weighted by Crippen LogP contribution is 2.40. The molecule has 1 unspecified atom stereocenters. The van der Waals surface area contributed by atoms with Crippen molar-refractivity contribution in [2.24, 2.45) is 0 Å². The monoisotopic (exact) mass is 477 g/mol. The van der Waals surface area contributed by atoms with E-state index in [1.165, 1.54) is 0 Å². The standard InChI is InChI=1S/C29H23N3O4/c1-16-13-14-24(34-18(3)19-9-5-4-6-10-19)25-21(28-31-29(33)36-32-28)15-22(30-26(16)25)27-17(2)20-11-7-8-12-23(20)35-27/h4-15,18H,1-3H3,(H,31,32,33). The summed E-state index contributed by atoms with van der Waals surface area (Å²) in [6.07, 6.45) is -0.210. The van der Waals surface area contributed by atoms with E-state index in [1.54, 1.807) is 0 Å². The van der Waals surface area contributed by atoms with Crippen LogP contribution in [0.25, 0.3) is 44.7 Å². The zero-order valence-corrected chi connectivity index (χ0v) is 20.0. The molecule has 0 aliphatic rings. The Bertz CT molecular complexity index is 1780. The van der Waals surface area contributed by atoms with Crippen molar-refractivity contribution in [2.75, 3.05) is 0 Å². The lowest BCUT2D eigenvalue weighted by atomic mass is 10.0. The van der Waals surface area contributed by atoms with Gasteiger partial charge in [-0.1, -0.05) is 59.8 Å². The summed E-state index contributed by atoms with van der Waals surface area (Å²) in [5.41, 5.74) is 5.76. The van der Waals surface area contributed by atoms with Gasteiger partial charge in [-0.05, 0) is 50.1 Å². The number of benzene rings is 3. The molecule has 6 rings (SSSR count). The van der Waals surface area contributed by atoms with E-state index in [0.29, 0.717) is 28.6 Å². The van der Waals surface area contributed by atoms with Crippen LogP contribution in [-0.4, -0.2) is 15.1 Å². The van der Waals surface area contributed by atoms with E-state index in [1.807, 2.05) is 93.6 Å². The van der Waals surface area contributed by atoms with Crippen molar-refractivity contribution >= 4 is 21.9 Å². The van der Waals surface area contributed by atoms with Gasteiger partial charge in [-0.15, -0.1) is 0 Å². The average Bonchev–Trinajstić information content (AvgIpc) is 3.49. The molecular formula is C29H23N3O4. The molecule has 0 aliphatic heterocycles. The normalized spacial score (nSPS) is 12.3. The molecule has 1 N–H and O–H groups in total. The molecule has 0 fully saturated rings. The maximum Gasteiger partial charge on any atom is 0.439 e. The van der Waals surface area contributed by atoms with Crippen LogP contribution in [0, 0.1) is 13.8 Å². The first-order valence-electron chi connectivity index (χ1n) is 11.7. The van der Waals surface area contributed by atoms with Gasteiger partial charge in [-0.25, -0.2) is 9.78 Å². The number of aromatic amines is 1. The van der Waals surface area contributed by atoms with Gasteiger partial charge in [0.2, 0.25) is 0 Å². The Labute approximate surface area is 206 Å². The Morgan fingerprint density at radius 2 is 1.75 bits per heavy atom. The van der Waals surface area contributed by atoms with E-state index in [-0.39, 0.29) is 6.10 Å². The van der Waals surface area contributed by atoms with Crippen LogP contribution in [0.2, 0.25) is 0 Å². The Balaban J connectivity index is 1.60. The van der Waals surface area contributed by atoms with Gasteiger partial charge in [0.25, 0.3) is 0 Å². The first-order chi connectivity index (χ1) is 17.5. The van der Waals surface area contributed by atoms with Crippen LogP contribution in [-0.2, 0) is 0 Å². The summed E-state index contributed by atoms with van der Waals surface area (Å²) in [6, 6.07) is 23.6. The van der Waals surface area contributed by atoms with E-state index < -0.39 is 5.76 Å². The van der Waals surface area contributed by atoms with E-state index >= 15 is 0 Å². The smallest absolute Gasteiger partial charge is 0.439 e. The van der Waals surface area contributed by atoms with Crippen molar-refractivity contribution in [3.05, 3.63) is 100 Å². The molecule has 7 nitrogen and oxygen atoms in total. The van der Waals surface area contributed by atoms with Crippen LogP contribution in [0.4, 0.5) is 0 Å². The van der Waals surface area contributed by atoms with Crippen molar-refractivity contribution < 1.29 is 13.7 Å².